The lowest BCUT2D eigenvalue weighted by atomic mass is 9.82. The fourth-order valence-electron chi connectivity index (χ4n) is 2.33. The predicted molar refractivity (Wildman–Crippen MR) is 92.6 cm³/mol. The van der Waals surface area contributed by atoms with Gasteiger partial charge in [0.25, 0.3) is 0 Å². The summed E-state index contributed by atoms with van der Waals surface area (Å²) in [4.78, 5) is 11.6. The third-order valence-corrected chi connectivity index (χ3v) is 3.50. The topological polar surface area (TPSA) is 46.5 Å². The summed E-state index contributed by atoms with van der Waals surface area (Å²) < 4.78 is 5.22. The molecule has 0 aromatic carbocycles. The van der Waals surface area contributed by atoms with E-state index in [1.807, 2.05) is 39.8 Å². The molecule has 0 amide bonds. The Hall–Kier alpha value is -1.09. The van der Waals surface area contributed by atoms with Crippen molar-refractivity contribution < 1.29 is 14.6 Å². The van der Waals surface area contributed by atoms with Gasteiger partial charge in [-0.3, -0.25) is 4.79 Å². The number of esters is 1. The summed E-state index contributed by atoms with van der Waals surface area (Å²) in [5.74, 6) is 0.204. The van der Waals surface area contributed by atoms with Gasteiger partial charge in [-0.15, -0.1) is 6.58 Å². The molecule has 3 nitrogen and oxygen atoms in total. The SMILES string of the molecule is C=CC(/C=C/CCCOC(=O)C(C)(C)C)C(C)(O)CC(C)C. The number of aliphatic hydroxyl groups is 1. The molecule has 0 aliphatic carbocycles. The van der Waals surface area contributed by atoms with Crippen molar-refractivity contribution in [3.8, 4) is 0 Å². The van der Waals surface area contributed by atoms with E-state index in [9.17, 15) is 9.90 Å². The van der Waals surface area contributed by atoms with Crippen LogP contribution < -0.4 is 0 Å². The van der Waals surface area contributed by atoms with E-state index in [-0.39, 0.29) is 11.9 Å². The molecule has 22 heavy (non-hydrogen) atoms. The standard InChI is InChI=1S/C19H34O3/c1-8-16(19(7,21)14-15(2)3)12-10-9-11-13-22-17(20)18(4,5)6/h8,10,12,15-16,21H,1,9,11,13-14H2,2-7H3/b12-10+. The van der Waals surface area contributed by atoms with Crippen molar-refractivity contribution in [1.29, 1.82) is 0 Å². The summed E-state index contributed by atoms with van der Waals surface area (Å²) in [5.41, 5.74) is -1.22. The molecule has 0 fully saturated rings. The third-order valence-electron chi connectivity index (χ3n) is 3.50. The molecular formula is C19H34O3. The average Bonchev–Trinajstić information content (AvgIpc) is 2.34. The third kappa shape index (κ3) is 8.38. The molecule has 0 saturated carbocycles. The molecule has 0 aromatic rings. The Balaban J connectivity index is 4.20. The van der Waals surface area contributed by atoms with E-state index in [0.29, 0.717) is 12.5 Å². The van der Waals surface area contributed by atoms with E-state index in [1.165, 1.54) is 0 Å². The van der Waals surface area contributed by atoms with E-state index in [1.54, 1.807) is 6.08 Å². The first kappa shape index (κ1) is 20.9. The Kier molecular flexibility index (Phi) is 8.69. The van der Waals surface area contributed by atoms with Gasteiger partial charge >= 0.3 is 5.97 Å². The van der Waals surface area contributed by atoms with Crippen LogP contribution in [-0.4, -0.2) is 23.3 Å². The Morgan fingerprint density at radius 2 is 1.86 bits per heavy atom. The molecular weight excluding hydrogens is 276 g/mol. The van der Waals surface area contributed by atoms with Crippen molar-refractivity contribution in [3.05, 3.63) is 24.8 Å². The van der Waals surface area contributed by atoms with Gasteiger partial charge in [0.15, 0.2) is 0 Å². The van der Waals surface area contributed by atoms with Crippen LogP contribution in [0.2, 0.25) is 0 Å². The number of rotatable bonds is 9. The second-order valence-corrected chi connectivity index (χ2v) is 7.67. The minimum absolute atomic E-state index is 0.0629. The maximum atomic E-state index is 11.6. The van der Waals surface area contributed by atoms with E-state index in [0.717, 1.165) is 19.3 Å². The zero-order valence-corrected chi connectivity index (χ0v) is 15.2. The number of unbranched alkanes of at least 4 members (excludes halogenated alkanes) is 1. The molecule has 0 aliphatic rings. The number of carbonyl (C=O) groups is 1. The number of hydrogen-bond donors (Lipinski definition) is 1. The molecule has 1 N–H and O–H groups in total. The second kappa shape index (κ2) is 9.14. The van der Waals surface area contributed by atoms with E-state index in [2.05, 4.69) is 20.4 Å². The highest BCUT2D eigenvalue weighted by molar-refractivity contribution is 5.75. The van der Waals surface area contributed by atoms with E-state index >= 15 is 0 Å². The smallest absolute Gasteiger partial charge is 0.311 e. The summed E-state index contributed by atoms with van der Waals surface area (Å²) in [5, 5.41) is 10.5. The Morgan fingerprint density at radius 3 is 2.32 bits per heavy atom. The lowest BCUT2D eigenvalue weighted by molar-refractivity contribution is -0.153. The number of allylic oxidation sites excluding steroid dienone is 1. The molecule has 0 aromatic heterocycles. The molecule has 0 radical (unpaired) electrons. The normalized spacial score (nSPS) is 16.5. The maximum Gasteiger partial charge on any atom is 0.311 e. The van der Waals surface area contributed by atoms with Gasteiger partial charge in [0.2, 0.25) is 0 Å². The van der Waals surface area contributed by atoms with Crippen molar-refractivity contribution in [2.45, 2.75) is 66.4 Å². The van der Waals surface area contributed by atoms with Gasteiger partial charge < -0.3 is 9.84 Å². The predicted octanol–water partition coefficient (Wildman–Crippen LogP) is 4.51. The fraction of sp³-hybridized carbons (Fsp3) is 0.737. The molecule has 0 spiro atoms. The molecule has 128 valence electrons. The van der Waals surface area contributed by atoms with Crippen LogP contribution in [0.5, 0.6) is 0 Å². The highest BCUT2D eigenvalue weighted by Crippen LogP contribution is 2.27. The summed E-state index contributed by atoms with van der Waals surface area (Å²) >= 11 is 0. The molecule has 0 aliphatic heterocycles. The summed E-state index contributed by atoms with van der Waals surface area (Å²) in [7, 11) is 0. The first-order chi connectivity index (χ1) is 10.0. The number of hydrogen-bond acceptors (Lipinski definition) is 3. The van der Waals surface area contributed by atoms with Crippen LogP contribution in [0, 0.1) is 17.3 Å². The van der Waals surface area contributed by atoms with Crippen LogP contribution in [-0.2, 0) is 9.53 Å². The second-order valence-electron chi connectivity index (χ2n) is 7.67. The zero-order valence-electron chi connectivity index (χ0n) is 15.2. The van der Waals surface area contributed by atoms with Crippen molar-refractivity contribution in [2.75, 3.05) is 6.61 Å². The first-order valence-electron chi connectivity index (χ1n) is 8.19. The molecule has 2 atom stereocenters. The van der Waals surface area contributed by atoms with Gasteiger partial charge in [-0.1, -0.05) is 32.1 Å². The first-order valence-corrected chi connectivity index (χ1v) is 8.19. The van der Waals surface area contributed by atoms with E-state index in [4.69, 9.17) is 4.74 Å². The summed E-state index contributed by atoms with van der Waals surface area (Å²) in [6.45, 7) is 15.8. The minimum Gasteiger partial charge on any atom is -0.465 e. The maximum absolute atomic E-state index is 11.6. The average molecular weight is 310 g/mol. The fourth-order valence-corrected chi connectivity index (χ4v) is 2.33. The van der Waals surface area contributed by atoms with Crippen molar-refractivity contribution in [2.24, 2.45) is 17.3 Å². The van der Waals surface area contributed by atoms with Crippen LogP contribution in [0.3, 0.4) is 0 Å². The minimum atomic E-state index is -0.773. The molecule has 0 bridgehead atoms. The monoisotopic (exact) mass is 310 g/mol. The largest absolute Gasteiger partial charge is 0.465 e. The van der Waals surface area contributed by atoms with Crippen molar-refractivity contribution in [1.82, 2.24) is 0 Å². The Labute approximate surface area is 136 Å². The van der Waals surface area contributed by atoms with E-state index < -0.39 is 11.0 Å². The summed E-state index contributed by atoms with van der Waals surface area (Å²) in [6.07, 6.45) is 8.16. The number of carbonyl (C=O) groups excluding carboxylic acids is 1. The molecule has 0 heterocycles. The highest BCUT2D eigenvalue weighted by Gasteiger charge is 2.28. The molecule has 3 heteroatoms. The highest BCUT2D eigenvalue weighted by atomic mass is 16.5. The molecule has 0 saturated heterocycles. The van der Waals surface area contributed by atoms with Gasteiger partial charge in [-0.2, -0.15) is 0 Å². The van der Waals surface area contributed by atoms with Crippen molar-refractivity contribution >= 4 is 5.97 Å². The summed E-state index contributed by atoms with van der Waals surface area (Å²) in [6, 6.07) is 0. The Bertz CT molecular complexity index is 373. The molecule has 0 rings (SSSR count). The lowest BCUT2D eigenvalue weighted by Gasteiger charge is -2.30. The molecule has 2 unspecified atom stereocenters. The van der Waals surface area contributed by atoms with Gasteiger partial charge in [-0.05, 0) is 52.9 Å². The zero-order chi connectivity index (χ0) is 17.4. The quantitative estimate of drug-likeness (QED) is 0.387. The van der Waals surface area contributed by atoms with Crippen LogP contribution in [0.4, 0.5) is 0 Å². The van der Waals surface area contributed by atoms with Crippen LogP contribution in [0.1, 0.15) is 60.8 Å². The van der Waals surface area contributed by atoms with Crippen molar-refractivity contribution in [3.63, 3.8) is 0 Å². The van der Waals surface area contributed by atoms with Gasteiger partial charge in [0.05, 0.1) is 17.6 Å². The van der Waals surface area contributed by atoms with Crippen LogP contribution in [0.25, 0.3) is 0 Å². The Morgan fingerprint density at radius 1 is 1.27 bits per heavy atom. The van der Waals surface area contributed by atoms with Gasteiger partial charge in [0.1, 0.15) is 0 Å². The van der Waals surface area contributed by atoms with Crippen LogP contribution in [0.15, 0.2) is 24.8 Å². The van der Waals surface area contributed by atoms with Gasteiger partial charge in [0, 0.05) is 5.92 Å². The lowest BCUT2D eigenvalue weighted by Crippen LogP contribution is -2.33. The van der Waals surface area contributed by atoms with Crippen LogP contribution >= 0.6 is 0 Å². The van der Waals surface area contributed by atoms with Gasteiger partial charge in [-0.25, -0.2) is 0 Å². The number of ether oxygens (including phenoxy) is 1.